The summed E-state index contributed by atoms with van der Waals surface area (Å²) in [5, 5.41) is 18.7. The van der Waals surface area contributed by atoms with Gasteiger partial charge in [-0.05, 0) is 20.8 Å². The highest BCUT2D eigenvalue weighted by molar-refractivity contribution is 5.69. The Bertz CT molecular complexity index is 282. The number of rotatable bonds is 1. The van der Waals surface area contributed by atoms with Gasteiger partial charge in [-0.3, -0.25) is 4.90 Å². The molecule has 0 fully saturated rings. The highest BCUT2D eigenvalue weighted by Crippen LogP contribution is 2.16. The lowest BCUT2D eigenvalue weighted by Gasteiger charge is -2.35. The highest BCUT2D eigenvalue weighted by atomic mass is 16.6. The SMILES string of the molecule is CC(C)(C)OC(=O)N1CC=C[C@H](O)[C@@H]1CO. The summed E-state index contributed by atoms with van der Waals surface area (Å²) in [4.78, 5) is 13.1. The molecular formula is C11H19NO4. The van der Waals surface area contributed by atoms with Crippen molar-refractivity contribution in [3.05, 3.63) is 12.2 Å². The van der Waals surface area contributed by atoms with Crippen molar-refractivity contribution in [2.24, 2.45) is 0 Å². The summed E-state index contributed by atoms with van der Waals surface area (Å²) in [7, 11) is 0. The lowest BCUT2D eigenvalue weighted by molar-refractivity contribution is -0.00988. The first-order valence-corrected chi connectivity index (χ1v) is 5.30. The molecule has 0 aromatic heterocycles. The van der Waals surface area contributed by atoms with Crippen LogP contribution in [0, 0.1) is 0 Å². The predicted octanol–water partition coefficient (Wildman–Crippen LogP) is 0.515. The van der Waals surface area contributed by atoms with Gasteiger partial charge >= 0.3 is 6.09 Å². The van der Waals surface area contributed by atoms with Crippen molar-refractivity contribution in [1.82, 2.24) is 4.90 Å². The molecule has 0 aromatic rings. The van der Waals surface area contributed by atoms with Crippen LogP contribution in [0.25, 0.3) is 0 Å². The number of hydrogen-bond acceptors (Lipinski definition) is 4. The minimum Gasteiger partial charge on any atom is -0.444 e. The number of aliphatic hydroxyl groups excluding tert-OH is 2. The van der Waals surface area contributed by atoms with E-state index in [-0.39, 0.29) is 6.61 Å². The van der Waals surface area contributed by atoms with Crippen molar-refractivity contribution in [3.8, 4) is 0 Å². The summed E-state index contributed by atoms with van der Waals surface area (Å²) in [6, 6.07) is -0.625. The maximum Gasteiger partial charge on any atom is 0.411 e. The van der Waals surface area contributed by atoms with E-state index < -0.39 is 23.8 Å². The Morgan fingerprint density at radius 2 is 2.19 bits per heavy atom. The smallest absolute Gasteiger partial charge is 0.411 e. The van der Waals surface area contributed by atoms with Crippen LogP contribution in [0.4, 0.5) is 4.79 Å². The topological polar surface area (TPSA) is 70.0 Å². The second kappa shape index (κ2) is 4.84. The van der Waals surface area contributed by atoms with Crippen molar-refractivity contribution < 1.29 is 19.7 Å². The first kappa shape index (κ1) is 13.0. The van der Waals surface area contributed by atoms with Gasteiger partial charge < -0.3 is 14.9 Å². The van der Waals surface area contributed by atoms with E-state index in [2.05, 4.69) is 0 Å². The Hall–Kier alpha value is -1.07. The van der Waals surface area contributed by atoms with Crippen LogP contribution >= 0.6 is 0 Å². The summed E-state index contributed by atoms with van der Waals surface area (Å²) in [5.74, 6) is 0. The van der Waals surface area contributed by atoms with Gasteiger partial charge in [0.05, 0.1) is 18.8 Å². The van der Waals surface area contributed by atoms with Crippen LogP contribution in [0.2, 0.25) is 0 Å². The first-order valence-electron chi connectivity index (χ1n) is 5.30. The van der Waals surface area contributed by atoms with Gasteiger partial charge in [0.25, 0.3) is 0 Å². The van der Waals surface area contributed by atoms with Crippen molar-refractivity contribution in [2.45, 2.75) is 38.5 Å². The van der Waals surface area contributed by atoms with E-state index in [0.29, 0.717) is 6.54 Å². The van der Waals surface area contributed by atoms with Gasteiger partial charge in [0.2, 0.25) is 0 Å². The summed E-state index contributed by atoms with van der Waals surface area (Å²) in [5.41, 5.74) is -0.580. The van der Waals surface area contributed by atoms with Gasteiger partial charge in [-0.15, -0.1) is 0 Å². The second-order valence-electron chi connectivity index (χ2n) is 4.80. The molecule has 1 amide bonds. The lowest BCUT2D eigenvalue weighted by Crippen LogP contribution is -2.52. The molecule has 0 spiro atoms. The zero-order valence-electron chi connectivity index (χ0n) is 9.88. The van der Waals surface area contributed by atoms with Gasteiger partial charge in [0, 0.05) is 6.54 Å². The molecule has 16 heavy (non-hydrogen) atoms. The van der Waals surface area contributed by atoms with Crippen LogP contribution in [0.15, 0.2) is 12.2 Å². The number of ether oxygens (including phenoxy) is 1. The van der Waals surface area contributed by atoms with E-state index in [9.17, 15) is 9.90 Å². The van der Waals surface area contributed by atoms with Gasteiger partial charge in [-0.2, -0.15) is 0 Å². The molecule has 5 nitrogen and oxygen atoms in total. The van der Waals surface area contributed by atoms with Crippen molar-refractivity contribution in [3.63, 3.8) is 0 Å². The molecule has 92 valence electrons. The Morgan fingerprint density at radius 3 is 2.69 bits per heavy atom. The van der Waals surface area contributed by atoms with E-state index in [4.69, 9.17) is 9.84 Å². The third-order valence-electron chi connectivity index (χ3n) is 2.24. The fourth-order valence-electron chi connectivity index (χ4n) is 1.50. The molecule has 5 heteroatoms. The summed E-state index contributed by atoms with van der Waals surface area (Å²) in [6.45, 7) is 5.38. The molecule has 0 radical (unpaired) electrons. The third-order valence-corrected chi connectivity index (χ3v) is 2.24. The fourth-order valence-corrected chi connectivity index (χ4v) is 1.50. The van der Waals surface area contributed by atoms with Crippen LogP contribution in [0.1, 0.15) is 20.8 Å². The highest BCUT2D eigenvalue weighted by Gasteiger charge is 2.32. The largest absolute Gasteiger partial charge is 0.444 e. The Morgan fingerprint density at radius 1 is 1.56 bits per heavy atom. The monoisotopic (exact) mass is 229 g/mol. The van der Waals surface area contributed by atoms with Gasteiger partial charge in [-0.25, -0.2) is 4.79 Å². The average Bonchev–Trinajstić information content (AvgIpc) is 2.14. The van der Waals surface area contributed by atoms with E-state index in [1.54, 1.807) is 32.9 Å². The second-order valence-corrected chi connectivity index (χ2v) is 4.80. The molecule has 0 unspecified atom stereocenters. The summed E-state index contributed by atoms with van der Waals surface area (Å²) < 4.78 is 5.19. The lowest BCUT2D eigenvalue weighted by atomic mass is 10.1. The zero-order chi connectivity index (χ0) is 12.3. The third kappa shape index (κ3) is 3.21. The van der Waals surface area contributed by atoms with Crippen molar-refractivity contribution in [2.75, 3.05) is 13.2 Å². The van der Waals surface area contributed by atoms with Crippen LogP contribution < -0.4 is 0 Å². The van der Waals surface area contributed by atoms with E-state index in [1.165, 1.54) is 4.90 Å². The molecule has 0 saturated carbocycles. The molecule has 2 N–H and O–H groups in total. The number of carbonyl (C=O) groups is 1. The maximum absolute atomic E-state index is 11.8. The first-order chi connectivity index (χ1) is 7.35. The minimum absolute atomic E-state index is 0.287. The average molecular weight is 229 g/mol. The minimum atomic E-state index is -0.841. The number of nitrogens with zero attached hydrogens (tertiary/aromatic N) is 1. The molecule has 0 aliphatic carbocycles. The van der Waals surface area contributed by atoms with Crippen LogP contribution in [0.3, 0.4) is 0 Å². The van der Waals surface area contributed by atoms with Crippen LogP contribution in [0.5, 0.6) is 0 Å². The van der Waals surface area contributed by atoms with Crippen molar-refractivity contribution >= 4 is 6.09 Å². The number of amides is 1. The van der Waals surface area contributed by atoms with Crippen molar-refractivity contribution in [1.29, 1.82) is 0 Å². The normalized spacial score (nSPS) is 25.7. The standard InChI is InChI=1S/C11H19NO4/c1-11(2,3)16-10(15)12-6-4-5-9(14)8(12)7-13/h4-5,8-9,13-14H,6-7H2,1-3H3/t8-,9-/m0/s1. The molecule has 1 rings (SSSR count). The molecule has 0 bridgehead atoms. The molecule has 1 heterocycles. The van der Waals surface area contributed by atoms with E-state index >= 15 is 0 Å². The van der Waals surface area contributed by atoms with Crippen LogP contribution in [-0.4, -0.2) is 52.1 Å². The van der Waals surface area contributed by atoms with E-state index in [1.807, 2.05) is 0 Å². The number of hydrogen-bond donors (Lipinski definition) is 2. The van der Waals surface area contributed by atoms with Gasteiger partial charge in [0.15, 0.2) is 0 Å². The number of aliphatic hydroxyl groups is 2. The zero-order valence-corrected chi connectivity index (χ0v) is 9.88. The molecule has 0 saturated heterocycles. The Kier molecular flexibility index (Phi) is 3.93. The molecule has 1 aliphatic heterocycles. The Labute approximate surface area is 95.3 Å². The molecule has 0 aromatic carbocycles. The van der Waals surface area contributed by atoms with E-state index in [0.717, 1.165) is 0 Å². The summed E-state index contributed by atoms with van der Waals surface area (Å²) in [6.07, 6.45) is 1.89. The molecule has 1 aliphatic rings. The molecule has 2 atom stereocenters. The quantitative estimate of drug-likeness (QED) is 0.643. The van der Waals surface area contributed by atoms with Gasteiger partial charge in [0.1, 0.15) is 5.60 Å². The Balaban J connectivity index is 2.71. The fraction of sp³-hybridized carbons (Fsp3) is 0.727. The van der Waals surface area contributed by atoms with Crippen LogP contribution in [-0.2, 0) is 4.74 Å². The predicted molar refractivity (Wildman–Crippen MR) is 59.0 cm³/mol. The summed E-state index contributed by atoms with van der Waals surface area (Å²) >= 11 is 0. The number of carbonyl (C=O) groups excluding carboxylic acids is 1. The maximum atomic E-state index is 11.8. The molecular weight excluding hydrogens is 210 g/mol. The van der Waals surface area contributed by atoms with Gasteiger partial charge in [-0.1, -0.05) is 12.2 Å².